The van der Waals surface area contributed by atoms with Crippen molar-refractivity contribution >= 4 is 17.3 Å². The Morgan fingerprint density at radius 1 is 1.25 bits per heavy atom. The van der Waals surface area contributed by atoms with Gasteiger partial charge in [0.05, 0.1) is 5.71 Å². The van der Waals surface area contributed by atoms with Gasteiger partial charge < -0.3 is 4.84 Å². The summed E-state index contributed by atoms with van der Waals surface area (Å²) in [4.78, 5) is 9.35. The van der Waals surface area contributed by atoms with E-state index >= 15 is 0 Å². The van der Waals surface area contributed by atoms with Gasteiger partial charge in [-0.1, -0.05) is 47.9 Å². The van der Waals surface area contributed by atoms with Crippen LogP contribution in [0.3, 0.4) is 0 Å². The molecule has 0 aliphatic heterocycles. The van der Waals surface area contributed by atoms with Crippen LogP contribution in [0.1, 0.15) is 30.5 Å². The third-order valence-corrected chi connectivity index (χ3v) is 3.20. The Labute approximate surface area is 124 Å². The molecular weight excluding hydrogens is 272 g/mol. The fourth-order valence-corrected chi connectivity index (χ4v) is 1.88. The highest BCUT2D eigenvalue weighted by molar-refractivity contribution is 6.29. The van der Waals surface area contributed by atoms with E-state index in [1.807, 2.05) is 25.1 Å². The Bertz CT molecular complexity index is 594. The van der Waals surface area contributed by atoms with Crippen molar-refractivity contribution in [3.05, 3.63) is 64.4 Å². The third-order valence-electron chi connectivity index (χ3n) is 2.97. The normalized spacial score (nSPS) is 11.4. The highest BCUT2D eigenvalue weighted by Gasteiger charge is 2.00. The Morgan fingerprint density at radius 2 is 2.10 bits per heavy atom. The van der Waals surface area contributed by atoms with Crippen LogP contribution in [-0.4, -0.2) is 10.7 Å². The number of aromatic nitrogens is 1. The van der Waals surface area contributed by atoms with Gasteiger partial charge in [-0.15, -0.1) is 0 Å². The maximum atomic E-state index is 5.73. The van der Waals surface area contributed by atoms with Gasteiger partial charge in [0.15, 0.2) is 0 Å². The lowest BCUT2D eigenvalue weighted by molar-refractivity contribution is 0.130. The van der Waals surface area contributed by atoms with E-state index < -0.39 is 0 Å². The van der Waals surface area contributed by atoms with Gasteiger partial charge in [0.25, 0.3) is 0 Å². The van der Waals surface area contributed by atoms with Crippen LogP contribution in [0.15, 0.2) is 47.8 Å². The lowest BCUT2D eigenvalue weighted by atomic mass is 10.1. The van der Waals surface area contributed by atoms with E-state index in [0.717, 1.165) is 23.3 Å². The molecule has 3 nitrogen and oxygen atoms in total. The molecule has 0 bridgehead atoms. The lowest BCUT2D eigenvalue weighted by Crippen LogP contribution is -1.98. The maximum Gasteiger partial charge on any atom is 0.143 e. The molecule has 0 atom stereocenters. The van der Waals surface area contributed by atoms with Crippen molar-refractivity contribution in [1.29, 1.82) is 0 Å². The summed E-state index contributed by atoms with van der Waals surface area (Å²) in [6, 6.07) is 11.9. The molecule has 0 unspecified atom stereocenters. The second-order valence-electron chi connectivity index (χ2n) is 4.49. The van der Waals surface area contributed by atoms with Crippen LogP contribution >= 0.6 is 11.6 Å². The lowest BCUT2D eigenvalue weighted by Gasteiger charge is -2.04. The monoisotopic (exact) mass is 288 g/mol. The summed E-state index contributed by atoms with van der Waals surface area (Å²) < 4.78 is 0. The molecule has 20 heavy (non-hydrogen) atoms. The molecule has 0 N–H and O–H groups in total. The van der Waals surface area contributed by atoms with Crippen LogP contribution in [0.5, 0.6) is 0 Å². The predicted molar refractivity (Wildman–Crippen MR) is 82.1 cm³/mol. The van der Waals surface area contributed by atoms with Gasteiger partial charge in [0, 0.05) is 11.8 Å². The summed E-state index contributed by atoms with van der Waals surface area (Å²) >= 11 is 5.73. The summed E-state index contributed by atoms with van der Waals surface area (Å²) in [5.41, 5.74) is 4.17. The largest absolute Gasteiger partial charge is 0.391 e. The van der Waals surface area contributed by atoms with E-state index in [1.54, 1.807) is 12.3 Å². The molecule has 0 saturated carbocycles. The number of aryl methyl sites for hydroxylation is 1. The molecule has 1 heterocycles. The number of halogens is 1. The minimum Gasteiger partial charge on any atom is -0.391 e. The molecular formula is C16H17ClN2O. The first kappa shape index (κ1) is 14.5. The summed E-state index contributed by atoms with van der Waals surface area (Å²) in [6.45, 7) is 4.46. The zero-order valence-electron chi connectivity index (χ0n) is 11.6. The molecule has 1 aromatic carbocycles. The van der Waals surface area contributed by atoms with Crippen LogP contribution in [0.25, 0.3) is 0 Å². The van der Waals surface area contributed by atoms with E-state index in [1.165, 1.54) is 5.56 Å². The van der Waals surface area contributed by atoms with Gasteiger partial charge in [0.2, 0.25) is 0 Å². The summed E-state index contributed by atoms with van der Waals surface area (Å²) in [6.07, 6.45) is 2.70. The maximum absolute atomic E-state index is 5.73. The SMILES string of the molecule is CCc1cccc(/C(C)=N/OCc2ccc(Cl)nc2)c1. The van der Waals surface area contributed by atoms with Crippen LogP contribution < -0.4 is 0 Å². The fraction of sp³-hybridized carbons (Fsp3) is 0.250. The number of oxime groups is 1. The average molecular weight is 289 g/mol. The van der Waals surface area contributed by atoms with Crippen molar-refractivity contribution in [2.45, 2.75) is 26.9 Å². The van der Waals surface area contributed by atoms with Crippen LogP contribution in [-0.2, 0) is 17.9 Å². The van der Waals surface area contributed by atoms with Crippen molar-refractivity contribution < 1.29 is 4.84 Å². The van der Waals surface area contributed by atoms with Gasteiger partial charge in [-0.05, 0) is 36.6 Å². The standard InChI is InChI=1S/C16H17ClN2O/c1-3-13-5-4-6-15(9-13)12(2)19-20-11-14-7-8-16(17)18-10-14/h4-10H,3,11H2,1-2H3/b19-12+. The van der Waals surface area contributed by atoms with Gasteiger partial charge in [-0.3, -0.25) is 0 Å². The van der Waals surface area contributed by atoms with Crippen molar-refractivity contribution in [3.63, 3.8) is 0 Å². The van der Waals surface area contributed by atoms with E-state index in [0.29, 0.717) is 11.8 Å². The quantitative estimate of drug-likeness (QED) is 0.468. The van der Waals surface area contributed by atoms with E-state index in [4.69, 9.17) is 16.4 Å². The first-order chi connectivity index (χ1) is 9.69. The summed E-state index contributed by atoms with van der Waals surface area (Å²) in [5, 5.41) is 4.62. The fourth-order valence-electron chi connectivity index (χ4n) is 1.76. The number of hydrogen-bond donors (Lipinski definition) is 0. The van der Waals surface area contributed by atoms with Crippen LogP contribution in [0.2, 0.25) is 5.15 Å². The van der Waals surface area contributed by atoms with E-state index in [2.05, 4.69) is 29.2 Å². The number of benzene rings is 1. The Hall–Kier alpha value is -1.87. The first-order valence-corrected chi connectivity index (χ1v) is 6.93. The van der Waals surface area contributed by atoms with Gasteiger partial charge in [0.1, 0.15) is 11.8 Å². The predicted octanol–water partition coefficient (Wildman–Crippen LogP) is 4.24. The molecule has 0 radical (unpaired) electrons. The van der Waals surface area contributed by atoms with Gasteiger partial charge in [-0.25, -0.2) is 4.98 Å². The van der Waals surface area contributed by atoms with Gasteiger partial charge >= 0.3 is 0 Å². The molecule has 104 valence electrons. The zero-order chi connectivity index (χ0) is 14.4. The smallest absolute Gasteiger partial charge is 0.143 e. The minimum atomic E-state index is 0.384. The van der Waals surface area contributed by atoms with Gasteiger partial charge in [-0.2, -0.15) is 0 Å². The molecule has 2 aromatic rings. The molecule has 1 aromatic heterocycles. The Morgan fingerprint density at radius 3 is 2.80 bits per heavy atom. The second kappa shape index (κ2) is 7.06. The molecule has 0 saturated heterocycles. The zero-order valence-corrected chi connectivity index (χ0v) is 12.4. The molecule has 4 heteroatoms. The molecule has 0 amide bonds. The number of nitrogens with zero attached hydrogens (tertiary/aromatic N) is 2. The Balaban J connectivity index is 1.98. The van der Waals surface area contributed by atoms with E-state index in [-0.39, 0.29) is 0 Å². The molecule has 2 rings (SSSR count). The molecule has 0 fully saturated rings. The Kier molecular flexibility index (Phi) is 5.13. The summed E-state index contributed by atoms with van der Waals surface area (Å²) in [5.74, 6) is 0. The summed E-state index contributed by atoms with van der Waals surface area (Å²) in [7, 11) is 0. The van der Waals surface area contributed by atoms with Crippen molar-refractivity contribution in [2.75, 3.05) is 0 Å². The van der Waals surface area contributed by atoms with E-state index in [9.17, 15) is 0 Å². The third kappa shape index (κ3) is 4.07. The number of rotatable bonds is 5. The minimum absolute atomic E-state index is 0.384. The molecule has 0 aliphatic rings. The number of hydrogen-bond acceptors (Lipinski definition) is 3. The number of pyridine rings is 1. The molecule has 0 aliphatic carbocycles. The highest BCUT2D eigenvalue weighted by atomic mass is 35.5. The second-order valence-corrected chi connectivity index (χ2v) is 4.88. The highest BCUT2D eigenvalue weighted by Crippen LogP contribution is 2.09. The van der Waals surface area contributed by atoms with Crippen LogP contribution in [0, 0.1) is 0 Å². The topological polar surface area (TPSA) is 34.5 Å². The van der Waals surface area contributed by atoms with Crippen molar-refractivity contribution in [3.8, 4) is 0 Å². The van der Waals surface area contributed by atoms with Crippen LogP contribution in [0.4, 0.5) is 0 Å². The van der Waals surface area contributed by atoms with Crippen molar-refractivity contribution in [1.82, 2.24) is 4.98 Å². The molecule has 0 spiro atoms. The average Bonchev–Trinajstić information content (AvgIpc) is 2.49. The van der Waals surface area contributed by atoms with Crippen molar-refractivity contribution in [2.24, 2.45) is 5.16 Å². The first-order valence-electron chi connectivity index (χ1n) is 6.55.